The van der Waals surface area contributed by atoms with Crippen LogP contribution >= 0.6 is 0 Å². The summed E-state index contributed by atoms with van der Waals surface area (Å²) < 4.78 is 0. The highest BCUT2D eigenvalue weighted by atomic mass is 16.1. The molecule has 0 radical (unpaired) electrons. The van der Waals surface area contributed by atoms with Gasteiger partial charge in [0.25, 0.3) is 0 Å². The summed E-state index contributed by atoms with van der Waals surface area (Å²) in [5.41, 5.74) is 0. The molecule has 0 saturated heterocycles. The van der Waals surface area contributed by atoms with Crippen LogP contribution < -0.4 is 0 Å². The van der Waals surface area contributed by atoms with Gasteiger partial charge in [0.15, 0.2) is 5.78 Å². The van der Waals surface area contributed by atoms with Crippen molar-refractivity contribution in [3.63, 3.8) is 0 Å². The molecule has 1 heteroatoms. The van der Waals surface area contributed by atoms with E-state index >= 15 is 0 Å². The van der Waals surface area contributed by atoms with Crippen molar-refractivity contribution in [2.45, 2.75) is 52.9 Å². The molecule has 0 aromatic carbocycles. The molecule has 0 aromatic rings. The summed E-state index contributed by atoms with van der Waals surface area (Å²) in [5, 5.41) is 0. The van der Waals surface area contributed by atoms with Crippen molar-refractivity contribution in [1.29, 1.82) is 0 Å². The van der Waals surface area contributed by atoms with Crippen LogP contribution in [0.25, 0.3) is 0 Å². The molecule has 1 fully saturated rings. The minimum absolute atomic E-state index is 0.139. The second kappa shape index (κ2) is 6.09. The van der Waals surface area contributed by atoms with Crippen molar-refractivity contribution in [3.05, 3.63) is 12.2 Å². The molecule has 1 aliphatic rings. The molecule has 1 unspecified atom stereocenters. The summed E-state index contributed by atoms with van der Waals surface area (Å²) in [6.45, 7) is 6.16. The highest BCUT2D eigenvalue weighted by Gasteiger charge is 2.18. The van der Waals surface area contributed by atoms with Gasteiger partial charge in [0, 0.05) is 5.92 Å². The molecule has 1 atom stereocenters. The third kappa shape index (κ3) is 4.19. The Bertz CT molecular complexity index is 221. The molecule has 1 aliphatic carbocycles. The summed E-state index contributed by atoms with van der Waals surface area (Å²) in [6.07, 6.45) is 10.8. The third-order valence-electron chi connectivity index (χ3n) is 3.53. The normalized spacial score (nSPS) is 21.1. The summed E-state index contributed by atoms with van der Waals surface area (Å²) in [4.78, 5) is 11.4. The van der Waals surface area contributed by atoms with Gasteiger partial charge >= 0.3 is 0 Å². The molecule has 0 aromatic heterocycles. The van der Waals surface area contributed by atoms with E-state index in [1.807, 2.05) is 13.8 Å². The van der Waals surface area contributed by atoms with E-state index in [4.69, 9.17) is 0 Å². The zero-order valence-corrected chi connectivity index (χ0v) is 10.3. The standard InChI is InChI=1S/C14H24O/c1-11(2)14(15)10-9-12(3)13-7-5-4-6-8-13/h9-13H,4-8H2,1-3H3/b10-9+. The van der Waals surface area contributed by atoms with Crippen molar-refractivity contribution < 1.29 is 4.79 Å². The largest absolute Gasteiger partial charge is 0.295 e. The van der Waals surface area contributed by atoms with Crippen molar-refractivity contribution >= 4 is 5.78 Å². The number of carbonyl (C=O) groups is 1. The molecule has 0 aliphatic heterocycles. The van der Waals surface area contributed by atoms with E-state index in [-0.39, 0.29) is 11.7 Å². The maximum atomic E-state index is 11.4. The molecule has 1 saturated carbocycles. The molecular formula is C14H24O. The molecule has 0 bridgehead atoms. The van der Waals surface area contributed by atoms with E-state index in [0.717, 1.165) is 5.92 Å². The Labute approximate surface area is 93.9 Å². The van der Waals surface area contributed by atoms with E-state index in [1.165, 1.54) is 32.1 Å². The van der Waals surface area contributed by atoms with E-state index in [9.17, 15) is 4.79 Å². The molecule has 1 rings (SSSR count). The number of allylic oxidation sites excluding steroid dienone is 2. The quantitative estimate of drug-likeness (QED) is 0.639. The van der Waals surface area contributed by atoms with E-state index in [2.05, 4.69) is 13.0 Å². The first-order valence-electron chi connectivity index (χ1n) is 6.33. The Balaban J connectivity index is 2.39. The van der Waals surface area contributed by atoms with Gasteiger partial charge in [0.05, 0.1) is 0 Å². The van der Waals surface area contributed by atoms with Gasteiger partial charge in [-0.15, -0.1) is 0 Å². The van der Waals surface area contributed by atoms with E-state index < -0.39 is 0 Å². The fourth-order valence-electron chi connectivity index (χ4n) is 2.26. The molecule has 0 amide bonds. The summed E-state index contributed by atoms with van der Waals surface area (Å²) in [5.74, 6) is 1.79. The fourth-order valence-corrected chi connectivity index (χ4v) is 2.26. The molecule has 0 heterocycles. The maximum Gasteiger partial charge on any atom is 0.157 e. The minimum atomic E-state index is 0.139. The second-order valence-electron chi connectivity index (χ2n) is 5.17. The molecule has 15 heavy (non-hydrogen) atoms. The summed E-state index contributed by atoms with van der Waals surface area (Å²) >= 11 is 0. The lowest BCUT2D eigenvalue weighted by molar-refractivity contribution is -0.117. The lowest BCUT2D eigenvalue weighted by atomic mass is 9.80. The predicted octanol–water partition coefficient (Wildman–Crippen LogP) is 3.98. The van der Waals surface area contributed by atoms with Crippen LogP contribution in [-0.2, 0) is 4.79 Å². The van der Waals surface area contributed by atoms with Crippen LogP contribution in [0.2, 0.25) is 0 Å². The SMILES string of the molecule is CC(C)C(=O)/C=C/C(C)C1CCCCC1. The second-order valence-corrected chi connectivity index (χ2v) is 5.17. The van der Waals surface area contributed by atoms with Crippen LogP contribution in [0.1, 0.15) is 52.9 Å². The smallest absolute Gasteiger partial charge is 0.157 e. The zero-order valence-electron chi connectivity index (χ0n) is 10.3. The predicted molar refractivity (Wildman–Crippen MR) is 64.7 cm³/mol. The van der Waals surface area contributed by atoms with Gasteiger partial charge in [-0.1, -0.05) is 46.1 Å². The number of ketones is 1. The highest BCUT2D eigenvalue weighted by molar-refractivity contribution is 5.91. The van der Waals surface area contributed by atoms with Crippen LogP contribution in [0, 0.1) is 17.8 Å². The van der Waals surface area contributed by atoms with E-state index in [1.54, 1.807) is 6.08 Å². The van der Waals surface area contributed by atoms with Crippen LogP contribution in [-0.4, -0.2) is 5.78 Å². The van der Waals surface area contributed by atoms with Crippen molar-refractivity contribution in [3.8, 4) is 0 Å². The lowest BCUT2D eigenvalue weighted by Gasteiger charge is -2.25. The van der Waals surface area contributed by atoms with Crippen molar-refractivity contribution in [2.75, 3.05) is 0 Å². The molecular weight excluding hydrogens is 184 g/mol. The van der Waals surface area contributed by atoms with Gasteiger partial charge in [-0.3, -0.25) is 4.79 Å². The van der Waals surface area contributed by atoms with Gasteiger partial charge in [-0.2, -0.15) is 0 Å². The Morgan fingerprint density at radius 1 is 1.13 bits per heavy atom. The van der Waals surface area contributed by atoms with Gasteiger partial charge < -0.3 is 0 Å². The van der Waals surface area contributed by atoms with Crippen molar-refractivity contribution in [2.24, 2.45) is 17.8 Å². The first kappa shape index (κ1) is 12.5. The number of carbonyl (C=O) groups excluding carboxylic acids is 1. The van der Waals surface area contributed by atoms with Gasteiger partial charge in [-0.05, 0) is 30.8 Å². The molecule has 86 valence electrons. The minimum Gasteiger partial charge on any atom is -0.295 e. The van der Waals surface area contributed by atoms with Crippen molar-refractivity contribution in [1.82, 2.24) is 0 Å². The number of hydrogen-bond acceptors (Lipinski definition) is 1. The van der Waals surface area contributed by atoms with E-state index in [0.29, 0.717) is 5.92 Å². The molecule has 0 N–H and O–H groups in total. The topological polar surface area (TPSA) is 17.1 Å². The first-order valence-corrected chi connectivity index (χ1v) is 6.33. The third-order valence-corrected chi connectivity index (χ3v) is 3.53. The Kier molecular flexibility index (Phi) is 5.07. The zero-order chi connectivity index (χ0) is 11.3. The lowest BCUT2D eigenvalue weighted by Crippen LogP contribution is -2.14. The number of hydrogen-bond donors (Lipinski definition) is 0. The summed E-state index contributed by atoms with van der Waals surface area (Å²) in [6, 6.07) is 0. The van der Waals surface area contributed by atoms with Crippen LogP contribution in [0.15, 0.2) is 12.2 Å². The maximum absolute atomic E-state index is 11.4. The fraction of sp³-hybridized carbons (Fsp3) is 0.786. The highest BCUT2D eigenvalue weighted by Crippen LogP contribution is 2.30. The number of rotatable bonds is 4. The Morgan fingerprint density at radius 3 is 2.27 bits per heavy atom. The average Bonchev–Trinajstić information content (AvgIpc) is 2.26. The van der Waals surface area contributed by atoms with Gasteiger partial charge in [0.2, 0.25) is 0 Å². The van der Waals surface area contributed by atoms with Crippen LogP contribution in [0.3, 0.4) is 0 Å². The molecule has 1 nitrogen and oxygen atoms in total. The van der Waals surface area contributed by atoms with Crippen LogP contribution in [0.4, 0.5) is 0 Å². The monoisotopic (exact) mass is 208 g/mol. The summed E-state index contributed by atoms with van der Waals surface area (Å²) in [7, 11) is 0. The Hall–Kier alpha value is -0.590. The van der Waals surface area contributed by atoms with Crippen LogP contribution in [0.5, 0.6) is 0 Å². The molecule has 0 spiro atoms. The first-order chi connectivity index (χ1) is 7.11. The van der Waals surface area contributed by atoms with Gasteiger partial charge in [0.1, 0.15) is 0 Å². The Morgan fingerprint density at radius 2 is 1.73 bits per heavy atom. The average molecular weight is 208 g/mol. The van der Waals surface area contributed by atoms with Gasteiger partial charge in [-0.25, -0.2) is 0 Å².